The second-order valence-corrected chi connectivity index (χ2v) is 6.38. The normalized spacial score (nSPS) is 17.1. The minimum atomic E-state index is -0.570. The Bertz CT molecular complexity index is 750. The van der Waals surface area contributed by atoms with E-state index >= 15 is 0 Å². The molecule has 7 nitrogen and oxygen atoms in total. The highest BCUT2D eigenvalue weighted by Gasteiger charge is 2.22. The fraction of sp³-hybridized carbons (Fsp3) is 0.300. The molecule has 0 radical (unpaired) electrons. The average Bonchev–Trinajstić information content (AvgIpc) is 3.15. The average molecular weight is 368 g/mol. The van der Waals surface area contributed by atoms with Crippen molar-refractivity contribution >= 4 is 17.8 Å². The van der Waals surface area contributed by atoms with Crippen molar-refractivity contribution in [1.29, 1.82) is 0 Å². The van der Waals surface area contributed by atoms with Gasteiger partial charge in [-0.3, -0.25) is 14.9 Å². The lowest BCUT2D eigenvalue weighted by molar-refractivity contribution is -0.124. The van der Waals surface area contributed by atoms with Crippen molar-refractivity contribution in [1.82, 2.24) is 15.4 Å². The van der Waals surface area contributed by atoms with E-state index in [0.717, 1.165) is 43.2 Å². The van der Waals surface area contributed by atoms with Crippen LogP contribution in [0, 0.1) is 0 Å². The Balaban J connectivity index is 1.40. The highest BCUT2D eigenvalue weighted by Crippen LogP contribution is 2.15. The predicted molar refractivity (Wildman–Crippen MR) is 104 cm³/mol. The van der Waals surface area contributed by atoms with Crippen LogP contribution >= 0.6 is 0 Å². The van der Waals surface area contributed by atoms with E-state index in [-0.39, 0.29) is 0 Å². The van der Waals surface area contributed by atoms with Crippen molar-refractivity contribution in [2.24, 2.45) is 0 Å². The van der Waals surface area contributed by atoms with Gasteiger partial charge < -0.3 is 10.1 Å². The summed E-state index contributed by atoms with van der Waals surface area (Å²) in [7, 11) is 0. The Morgan fingerprint density at radius 1 is 1.30 bits per heavy atom. The number of para-hydroxylation sites is 1. The molecule has 0 unspecified atom stereocenters. The van der Waals surface area contributed by atoms with Crippen LogP contribution in [0.2, 0.25) is 0 Å². The number of likely N-dealkylation sites (tertiary alicyclic amines) is 1. The van der Waals surface area contributed by atoms with Crippen LogP contribution in [-0.4, -0.2) is 53.3 Å². The van der Waals surface area contributed by atoms with Gasteiger partial charge in [0.25, 0.3) is 5.91 Å². The number of hydrogen-bond acceptors (Lipinski definition) is 6. The van der Waals surface area contributed by atoms with E-state index < -0.39 is 5.91 Å². The minimum absolute atomic E-state index is 0.357. The fourth-order valence-corrected chi connectivity index (χ4v) is 2.97. The molecule has 1 fully saturated rings. The summed E-state index contributed by atoms with van der Waals surface area (Å²) in [4.78, 5) is 17.7. The van der Waals surface area contributed by atoms with E-state index in [1.54, 1.807) is 17.8 Å². The molecule has 2 heterocycles. The van der Waals surface area contributed by atoms with Crippen LogP contribution in [0.3, 0.4) is 0 Å². The number of anilines is 1. The van der Waals surface area contributed by atoms with Gasteiger partial charge in [-0.05, 0) is 42.3 Å². The highest BCUT2D eigenvalue weighted by atomic mass is 16.5. The first-order valence-corrected chi connectivity index (χ1v) is 8.98. The van der Waals surface area contributed by atoms with Crippen molar-refractivity contribution in [3.63, 3.8) is 0 Å². The zero-order chi connectivity index (χ0) is 18.9. The first kappa shape index (κ1) is 18.9. The number of benzene rings is 1. The number of nitrogens with zero attached hydrogens (tertiary/aromatic N) is 2. The molecule has 0 bridgehead atoms. The molecule has 3 N–H and O–H groups in total. The standard InChI is InChI=1S/C20H24N4O3/c25-20(23-26)9-7-16-6-8-19(21-14-16)22-17-10-11-24(15-17)12-13-27-18-4-2-1-3-5-18/h1-9,14,17,26H,10-13,15H2,(H,21,22)(H,23,25)/b9-7+/t17-/m1/s1. The molecule has 142 valence electrons. The third-order valence-electron chi connectivity index (χ3n) is 4.37. The molecular formula is C20H24N4O3. The summed E-state index contributed by atoms with van der Waals surface area (Å²) in [5, 5.41) is 11.9. The number of carbonyl (C=O) groups excluding carboxylic acids is 1. The molecule has 1 aromatic heterocycles. The van der Waals surface area contributed by atoms with E-state index in [2.05, 4.69) is 15.2 Å². The summed E-state index contributed by atoms with van der Waals surface area (Å²) in [6, 6.07) is 14.0. The van der Waals surface area contributed by atoms with Gasteiger partial charge in [0.05, 0.1) is 0 Å². The van der Waals surface area contributed by atoms with Crippen LogP contribution in [-0.2, 0) is 4.79 Å². The Morgan fingerprint density at radius 3 is 2.89 bits per heavy atom. The van der Waals surface area contributed by atoms with Gasteiger partial charge in [-0.15, -0.1) is 0 Å². The first-order valence-electron chi connectivity index (χ1n) is 8.98. The quantitative estimate of drug-likeness (QED) is 0.376. The van der Waals surface area contributed by atoms with E-state index in [4.69, 9.17) is 9.94 Å². The monoisotopic (exact) mass is 368 g/mol. The van der Waals surface area contributed by atoms with Crippen LogP contribution in [0.4, 0.5) is 5.82 Å². The topological polar surface area (TPSA) is 86.7 Å². The summed E-state index contributed by atoms with van der Waals surface area (Å²) in [6.07, 6.45) is 5.58. The number of pyridine rings is 1. The molecular weight excluding hydrogens is 344 g/mol. The zero-order valence-electron chi connectivity index (χ0n) is 15.0. The van der Waals surface area contributed by atoms with Gasteiger partial charge in [0.2, 0.25) is 0 Å². The second kappa shape index (κ2) is 9.70. The molecule has 0 spiro atoms. The molecule has 1 aliphatic heterocycles. The SMILES string of the molecule is O=C(/C=C/c1ccc(N[C@@H]2CCN(CCOc3ccccc3)C2)nc1)NO. The fourth-order valence-electron chi connectivity index (χ4n) is 2.97. The molecule has 1 saturated heterocycles. The van der Waals surface area contributed by atoms with Gasteiger partial charge >= 0.3 is 0 Å². The number of aromatic nitrogens is 1. The maximum Gasteiger partial charge on any atom is 0.267 e. The Hall–Kier alpha value is -2.90. The Kier molecular flexibility index (Phi) is 6.78. The Morgan fingerprint density at radius 2 is 2.15 bits per heavy atom. The first-order chi connectivity index (χ1) is 13.2. The number of amides is 1. The van der Waals surface area contributed by atoms with Crippen molar-refractivity contribution in [2.75, 3.05) is 31.6 Å². The van der Waals surface area contributed by atoms with Gasteiger partial charge in [-0.25, -0.2) is 10.5 Å². The minimum Gasteiger partial charge on any atom is -0.492 e. The van der Waals surface area contributed by atoms with Crippen LogP contribution in [0.5, 0.6) is 5.75 Å². The summed E-state index contributed by atoms with van der Waals surface area (Å²) in [5.74, 6) is 1.15. The van der Waals surface area contributed by atoms with Crippen LogP contribution in [0.15, 0.2) is 54.7 Å². The van der Waals surface area contributed by atoms with Gasteiger partial charge in [-0.1, -0.05) is 18.2 Å². The van der Waals surface area contributed by atoms with Crippen LogP contribution < -0.4 is 15.5 Å². The molecule has 0 aliphatic carbocycles. The molecule has 0 saturated carbocycles. The maximum absolute atomic E-state index is 11.0. The highest BCUT2D eigenvalue weighted by molar-refractivity contribution is 5.90. The lowest BCUT2D eigenvalue weighted by Crippen LogP contribution is -2.29. The van der Waals surface area contributed by atoms with E-state index in [1.165, 1.54) is 6.08 Å². The summed E-state index contributed by atoms with van der Waals surface area (Å²) >= 11 is 0. The molecule has 7 heteroatoms. The summed E-state index contributed by atoms with van der Waals surface area (Å²) < 4.78 is 5.76. The van der Waals surface area contributed by atoms with E-state index in [1.807, 2.05) is 42.5 Å². The van der Waals surface area contributed by atoms with Gasteiger partial charge in [0.1, 0.15) is 18.2 Å². The predicted octanol–water partition coefficient (Wildman–Crippen LogP) is 2.17. The van der Waals surface area contributed by atoms with Crippen molar-refractivity contribution in [2.45, 2.75) is 12.5 Å². The van der Waals surface area contributed by atoms with Gasteiger partial charge in [0, 0.05) is 37.9 Å². The second-order valence-electron chi connectivity index (χ2n) is 6.38. The summed E-state index contributed by atoms with van der Waals surface area (Å²) in [5.41, 5.74) is 2.34. The number of hydrogen-bond donors (Lipinski definition) is 3. The van der Waals surface area contributed by atoms with Crippen molar-refractivity contribution in [3.05, 3.63) is 60.3 Å². The maximum atomic E-state index is 11.0. The molecule has 27 heavy (non-hydrogen) atoms. The van der Waals surface area contributed by atoms with Gasteiger partial charge in [-0.2, -0.15) is 0 Å². The third-order valence-corrected chi connectivity index (χ3v) is 4.37. The zero-order valence-corrected chi connectivity index (χ0v) is 15.0. The number of carbonyl (C=O) groups is 1. The van der Waals surface area contributed by atoms with Gasteiger partial charge in [0.15, 0.2) is 0 Å². The molecule has 1 aliphatic rings. The smallest absolute Gasteiger partial charge is 0.267 e. The number of hydroxylamine groups is 1. The molecule has 3 rings (SSSR count). The molecule has 2 aromatic rings. The lowest BCUT2D eigenvalue weighted by atomic mass is 10.2. The molecule has 1 aromatic carbocycles. The van der Waals surface area contributed by atoms with E-state index in [0.29, 0.717) is 12.6 Å². The number of rotatable bonds is 8. The number of ether oxygens (including phenoxy) is 1. The molecule has 1 atom stereocenters. The Labute approximate surface area is 158 Å². The van der Waals surface area contributed by atoms with Crippen molar-refractivity contribution in [3.8, 4) is 5.75 Å². The van der Waals surface area contributed by atoms with Crippen molar-refractivity contribution < 1.29 is 14.7 Å². The molecule has 1 amide bonds. The third kappa shape index (κ3) is 6.09. The van der Waals surface area contributed by atoms with Crippen LogP contribution in [0.25, 0.3) is 6.08 Å². The van der Waals surface area contributed by atoms with Crippen LogP contribution in [0.1, 0.15) is 12.0 Å². The largest absolute Gasteiger partial charge is 0.492 e. The van der Waals surface area contributed by atoms with E-state index in [9.17, 15) is 4.79 Å². The lowest BCUT2D eigenvalue weighted by Gasteiger charge is -2.17. The number of nitrogens with one attached hydrogen (secondary N) is 2. The summed E-state index contributed by atoms with van der Waals surface area (Å²) in [6.45, 7) is 3.57.